The summed E-state index contributed by atoms with van der Waals surface area (Å²) in [6.07, 6.45) is 12.7. The molecule has 12 aromatic rings. The van der Waals surface area contributed by atoms with E-state index in [1.807, 2.05) is 143 Å². The molecule has 37 heteroatoms. The Morgan fingerprint density at radius 1 is 0.280 bits per heavy atom. The van der Waals surface area contributed by atoms with E-state index in [1.165, 1.54) is 17.5 Å². The van der Waals surface area contributed by atoms with Gasteiger partial charge in [0.1, 0.15) is 81.4 Å². The van der Waals surface area contributed by atoms with E-state index in [4.69, 9.17) is 130 Å². The van der Waals surface area contributed by atoms with Crippen molar-refractivity contribution in [2.75, 3.05) is 14.2 Å². The summed E-state index contributed by atoms with van der Waals surface area (Å²) in [5.41, 5.74) is 56.8. The first-order valence-corrected chi connectivity index (χ1v) is 51.5. The summed E-state index contributed by atoms with van der Waals surface area (Å²) in [5.74, 6) is 5.58. The number of aromatic amines is 6. The third-order valence-corrected chi connectivity index (χ3v) is 32.6. The molecule has 32 nitrogen and oxygen atoms in total. The fourth-order valence-electron chi connectivity index (χ4n) is 24.8. The number of methoxy groups -OCH3 is 2. The van der Waals surface area contributed by atoms with E-state index in [0.29, 0.717) is 111 Å². The molecule has 150 heavy (non-hydrogen) atoms. The number of rotatable bonds is 14. The molecule has 0 radical (unpaired) electrons. The van der Waals surface area contributed by atoms with Crippen molar-refractivity contribution in [1.29, 1.82) is 31.6 Å². The summed E-state index contributed by atoms with van der Waals surface area (Å²) < 4.78 is 44.7. The van der Waals surface area contributed by atoms with Gasteiger partial charge in [-0.05, 0) is 286 Å². The second-order valence-corrected chi connectivity index (χ2v) is 42.9. The number of nitrogens with one attached hydrogen (secondary N) is 6. The maximum absolute atomic E-state index is 10.0. The number of hydrogen-bond donors (Lipinski definition) is 12. The second kappa shape index (κ2) is 41.3. The average molecular weight is 2120 g/mol. The van der Waals surface area contributed by atoms with Crippen LogP contribution in [-0.2, 0) is 32.5 Å². The minimum atomic E-state index is -0.846. The molecule has 0 amide bonds. The molecule has 10 aliphatic rings. The number of nitrogens with two attached hydrogens (primary N) is 6. The summed E-state index contributed by atoms with van der Waals surface area (Å²) in [6.45, 7) is 30.0. The predicted molar refractivity (Wildman–Crippen MR) is 569 cm³/mol. The van der Waals surface area contributed by atoms with Crippen LogP contribution in [-0.4, -0.2) is 75.4 Å². The summed E-state index contributed by atoms with van der Waals surface area (Å²) in [6, 6.07) is 49.1. The number of allylic oxidation sites excluding steroid dienone is 6. The molecule has 6 aromatic heterocycles. The van der Waals surface area contributed by atoms with Crippen LogP contribution >= 0.6 is 58.0 Å². The van der Waals surface area contributed by atoms with E-state index in [9.17, 15) is 31.6 Å². The van der Waals surface area contributed by atoms with Crippen LogP contribution in [0.5, 0.6) is 46.8 Å². The molecule has 4 fully saturated rings. The van der Waals surface area contributed by atoms with Gasteiger partial charge < -0.3 is 72.3 Å². The van der Waals surface area contributed by atoms with Crippen LogP contribution in [0.25, 0.3) is 0 Å². The number of ether oxygens (including phenoxy) is 8. The smallest absolute Gasteiger partial charge is 0.244 e. The van der Waals surface area contributed by atoms with Gasteiger partial charge in [0.2, 0.25) is 70.6 Å². The number of aryl methyl sites for hydroxylation is 11. The molecule has 0 bridgehead atoms. The van der Waals surface area contributed by atoms with Crippen LogP contribution in [0.15, 0.2) is 178 Å². The molecule has 6 aromatic carbocycles. The normalized spacial score (nSPS) is 21.7. The van der Waals surface area contributed by atoms with E-state index in [1.54, 1.807) is 26.4 Å². The lowest BCUT2D eigenvalue weighted by Gasteiger charge is -2.47. The standard InChI is InChI=1S/C20H22N4O.C19H19ClN4O2.2C19H19ClN4O.C18H19ClN4O2.C18H19ClN4O/c1-11-7-12(2)9-15(8-11)20(14-5-4-6-14)16(10-21)18(22)25-19-17(20)13(3)23-24-19;1-10-16-18(24-23-10)26-17(22)15(9-21)19(16,11-4-3-5-11)12-6-13(20)8-14(7-12)25-2;2*1-10-6-13(8-14(20)7-10)19(12-4-3-5-12)15(9-21)17(22)25-18-16(19)11(2)23-24-18;1-9(2)18(11-5-12(19)7-13(6-11)24-4)14(8-20)16(21)25-17-15(18)10(3)22-23-17;1-9(2)18(12-5-10(3)6-13(19)7-12)14(8-20)16(21)24-17-15(18)11(4)22-23-17/h7-9,14H,4-6,22H2,1-3H3,(H,23,24);6-8,11H,3-5,22H2,1-2H3,(H,23,24);2*6-8,12H,3-5,22H2,1-2H3,(H,23,24);5-7,9H,21H2,1-4H3,(H,22,23);5-7,9H,21H2,1-4H3,(H,22,23). The number of nitriles is 6. The summed E-state index contributed by atoms with van der Waals surface area (Å²) >= 11 is 31.8. The number of nitrogens with zero attached hydrogens (tertiary/aromatic N) is 12. The number of fused-ring (bicyclic) bond motifs is 6. The number of halogens is 5. The molecule has 12 heterocycles. The first kappa shape index (κ1) is 106. The van der Waals surface area contributed by atoms with Gasteiger partial charge in [0.25, 0.3) is 0 Å². The van der Waals surface area contributed by atoms with Crippen LogP contribution in [0.3, 0.4) is 0 Å². The van der Waals surface area contributed by atoms with Crippen molar-refractivity contribution in [1.82, 2.24) is 61.2 Å². The third-order valence-electron chi connectivity index (χ3n) is 31.5. The molecule has 18 N–H and O–H groups in total. The number of hydrogen-bond acceptors (Lipinski definition) is 26. The van der Waals surface area contributed by atoms with Crippen molar-refractivity contribution in [2.24, 2.45) is 69.9 Å². The molecule has 22 rings (SSSR count). The van der Waals surface area contributed by atoms with Crippen molar-refractivity contribution in [3.05, 3.63) is 332 Å². The zero-order valence-corrected chi connectivity index (χ0v) is 90.1. The Balaban J connectivity index is 0.000000122. The van der Waals surface area contributed by atoms with Crippen molar-refractivity contribution < 1.29 is 37.9 Å². The molecular weight excluding hydrogens is 2000 g/mol. The van der Waals surface area contributed by atoms with Gasteiger partial charge in [0.05, 0.1) is 80.1 Å². The van der Waals surface area contributed by atoms with E-state index in [-0.39, 0.29) is 64.9 Å². The quantitative estimate of drug-likeness (QED) is 0.0481. The first-order valence-electron chi connectivity index (χ1n) is 49.6. The van der Waals surface area contributed by atoms with Crippen LogP contribution in [0.4, 0.5) is 0 Å². The fourth-order valence-corrected chi connectivity index (χ4v) is 26.1. The Labute approximate surface area is 895 Å². The van der Waals surface area contributed by atoms with Gasteiger partial charge in [-0.1, -0.05) is 159 Å². The zero-order chi connectivity index (χ0) is 108. The molecule has 6 unspecified atom stereocenters. The second-order valence-electron chi connectivity index (χ2n) is 40.7. The topological polar surface area (TPSA) is 545 Å². The Hall–Kier alpha value is -15.4. The lowest BCUT2D eigenvalue weighted by Crippen LogP contribution is -2.46. The highest BCUT2D eigenvalue weighted by Crippen LogP contribution is 2.65. The number of H-pyrrole nitrogens is 6. The highest BCUT2D eigenvalue weighted by molar-refractivity contribution is 6.32. The fraction of sp³-hybridized carbons (Fsp3) is 0.363. The monoisotopic (exact) mass is 2110 g/mol. The highest BCUT2D eigenvalue weighted by atomic mass is 35.5. The zero-order valence-electron chi connectivity index (χ0n) is 86.3. The van der Waals surface area contributed by atoms with Gasteiger partial charge in [-0.25, -0.2) is 0 Å². The molecule has 0 spiro atoms. The van der Waals surface area contributed by atoms with Gasteiger partial charge >= 0.3 is 0 Å². The van der Waals surface area contributed by atoms with E-state index in [0.717, 1.165) is 188 Å². The van der Waals surface area contributed by atoms with Gasteiger partial charge in [-0.15, -0.1) is 30.6 Å². The maximum Gasteiger partial charge on any atom is 0.244 e. The van der Waals surface area contributed by atoms with Crippen LogP contribution in [0.2, 0.25) is 25.1 Å². The van der Waals surface area contributed by atoms with Crippen LogP contribution < -0.4 is 72.3 Å². The van der Waals surface area contributed by atoms with Gasteiger partial charge in [-0.3, -0.25) is 30.6 Å². The molecule has 6 atom stereocenters. The minimum Gasteiger partial charge on any atom is -0.497 e. The first-order chi connectivity index (χ1) is 71.6. The predicted octanol–water partition coefficient (Wildman–Crippen LogP) is 21.9. The Morgan fingerprint density at radius 3 is 0.700 bits per heavy atom. The van der Waals surface area contributed by atoms with E-state index in [2.05, 4.69) is 156 Å². The van der Waals surface area contributed by atoms with Crippen molar-refractivity contribution in [3.63, 3.8) is 0 Å². The van der Waals surface area contributed by atoms with E-state index >= 15 is 0 Å². The lowest BCUT2D eigenvalue weighted by atomic mass is 9.55. The Bertz CT molecular complexity index is 7480. The minimum absolute atomic E-state index is 0.0252. The van der Waals surface area contributed by atoms with Crippen LogP contribution in [0, 0.1) is 180 Å². The average Bonchev–Trinajstić information content (AvgIpc) is 1.35. The number of aromatic nitrogens is 12. The largest absolute Gasteiger partial charge is 0.497 e. The molecular formula is C113H117Cl5N24O8. The molecule has 0 saturated heterocycles. The Morgan fingerprint density at radius 2 is 0.473 bits per heavy atom. The molecule has 4 saturated carbocycles. The molecule has 6 aliphatic heterocycles. The number of benzene rings is 6. The maximum atomic E-state index is 10.0. The van der Waals surface area contributed by atoms with Gasteiger partial charge in [-0.2, -0.15) is 31.6 Å². The highest BCUT2D eigenvalue weighted by Gasteiger charge is 2.61. The van der Waals surface area contributed by atoms with Crippen molar-refractivity contribution in [3.8, 4) is 83.2 Å². The van der Waals surface area contributed by atoms with Gasteiger partial charge in [0.15, 0.2) is 0 Å². The summed E-state index contributed by atoms with van der Waals surface area (Å²) in [4.78, 5) is 0. The van der Waals surface area contributed by atoms with Crippen molar-refractivity contribution in [2.45, 2.75) is 213 Å². The van der Waals surface area contributed by atoms with E-state index < -0.39 is 32.5 Å². The summed E-state index contributed by atoms with van der Waals surface area (Å²) in [5, 5.41) is 106. The van der Waals surface area contributed by atoms with Crippen LogP contribution in [0.1, 0.15) is 233 Å². The van der Waals surface area contributed by atoms with Gasteiger partial charge in [0, 0.05) is 59.3 Å². The Kier molecular flexibility index (Phi) is 29.1. The lowest BCUT2D eigenvalue weighted by molar-refractivity contribution is 0.206. The molecule has 772 valence electrons. The summed E-state index contributed by atoms with van der Waals surface area (Å²) in [7, 11) is 3.17. The molecule has 4 aliphatic carbocycles. The SMILES string of the molecule is COc1cc(Cl)cc(C2(C(C)C)C(C#N)=C(N)Oc3n[nH]c(C)c32)c1.COc1cc(Cl)cc(C2(C3CCC3)C(C#N)=C(N)Oc3n[nH]c(C)c32)c1.Cc1cc(C)cc(C2(C3CCC3)C(C#N)=C(N)Oc3n[nH]c(C)c32)c1.Cc1cc(Cl)cc(C2(C(C)C)C(C#N)=C(N)Oc3n[nH]c(C)c32)c1.Cc1cc(Cl)cc(C2(C3CCC3)C(C#N)=C(N)Oc3n[nH]c(C)c32)c1.Cc1cc(Cl)cc(C2(C3CCC3)C(C#N)=C(N)Oc3n[nH]c(C)c32)c1. The third kappa shape index (κ3) is 17.1. The van der Waals surface area contributed by atoms with Crippen molar-refractivity contribution >= 4 is 58.0 Å².